The van der Waals surface area contributed by atoms with Gasteiger partial charge in [-0.1, -0.05) is 20.8 Å². The summed E-state index contributed by atoms with van der Waals surface area (Å²) in [5, 5.41) is 33.7. The first-order valence-electron chi connectivity index (χ1n) is 17.4. The van der Waals surface area contributed by atoms with Gasteiger partial charge < -0.3 is 24.8 Å². The normalized spacial score (nSPS) is 54.2. The van der Waals surface area contributed by atoms with Crippen LogP contribution in [0.3, 0.4) is 0 Å². The topological polar surface area (TPSA) is 96.2 Å². The minimum atomic E-state index is -0.389. The number of hydrogen-bond donors (Lipinski definition) is 3. The lowest BCUT2D eigenvalue weighted by Crippen LogP contribution is -2.62. The average molecular weight is 573 g/mol. The predicted molar refractivity (Wildman–Crippen MR) is 155 cm³/mol. The number of fused-ring (bicyclic) bond motifs is 5. The number of carbonyl (C=O) groups is 1. The van der Waals surface area contributed by atoms with E-state index < -0.39 is 0 Å². The summed E-state index contributed by atoms with van der Waals surface area (Å²) in [6.07, 6.45) is 13.4. The third-order valence-electron chi connectivity index (χ3n) is 14.9. The lowest BCUT2D eigenvalue weighted by Gasteiger charge is -2.63. The summed E-state index contributed by atoms with van der Waals surface area (Å²) in [6.45, 7) is 7.03. The fourth-order valence-corrected chi connectivity index (χ4v) is 13.1. The van der Waals surface area contributed by atoms with Crippen LogP contribution < -0.4 is 0 Å². The Morgan fingerprint density at radius 2 is 1.59 bits per heavy atom. The van der Waals surface area contributed by atoms with Crippen molar-refractivity contribution in [3.63, 3.8) is 0 Å². The summed E-state index contributed by atoms with van der Waals surface area (Å²) in [7, 11) is 0. The van der Waals surface area contributed by atoms with Gasteiger partial charge in [0.2, 0.25) is 0 Å². The van der Waals surface area contributed by atoms with Crippen LogP contribution in [0, 0.1) is 70.0 Å². The summed E-state index contributed by atoms with van der Waals surface area (Å²) >= 11 is 0. The average Bonchev–Trinajstić information content (AvgIpc) is 3.28. The van der Waals surface area contributed by atoms with E-state index >= 15 is 0 Å². The highest BCUT2D eigenvalue weighted by molar-refractivity contribution is 5.69. The lowest BCUT2D eigenvalue weighted by molar-refractivity contribution is -0.207. The van der Waals surface area contributed by atoms with E-state index in [0.29, 0.717) is 47.8 Å². The third kappa shape index (κ3) is 4.75. The summed E-state index contributed by atoms with van der Waals surface area (Å²) in [6, 6.07) is 0. The fourth-order valence-electron chi connectivity index (χ4n) is 13.1. The monoisotopic (exact) mass is 572 g/mol. The number of ether oxygens (including phenoxy) is 2. The van der Waals surface area contributed by atoms with Gasteiger partial charge in [-0.05, 0) is 153 Å². The number of esters is 1. The molecule has 8 saturated carbocycles. The number of carbonyl (C=O) groups excluding carboxylic acids is 1. The van der Waals surface area contributed by atoms with Gasteiger partial charge in [-0.2, -0.15) is 0 Å². The minimum absolute atomic E-state index is 0.0949. The van der Waals surface area contributed by atoms with Crippen molar-refractivity contribution in [1.29, 1.82) is 0 Å². The Morgan fingerprint density at radius 1 is 0.878 bits per heavy atom. The van der Waals surface area contributed by atoms with Crippen LogP contribution in [0.1, 0.15) is 111 Å². The van der Waals surface area contributed by atoms with Crippen LogP contribution in [0.2, 0.25) is 0 Å². The van der Waals surface area contributed by atoms with Gasteiger partial charge in [-0.25, -0.2) is 0 Å². The van der Waals surface area contributed by atoms with Gasteiger partial charge in [0.15, 0.2) is 6.79 Å². The molecule has 0 aliphatic heterocycles. The van der Waals surface area contributed by atoms with Crippen LogP contribution in [-0.2, 0) is 14.3 Å². The van der Waals surface area contributed by atoms with Gasteiger partial charge in [-0.3, -0.25) is 4.79 Å². The second kappa shape index (κ2) is 10.7. The van der Waals surface area contributed by atoms with Crippen LogP contribution in [0.25, 0.3) is 0 Å². The van der Waals surface area contributed by atoms with Crippen molar-refractivity contribution >= 4 is 5.97 Å². The molecule has 11 atom stereocenters. The van der Waals surface area contributed by atoms with Crippen molar-refractivity contribution in [3.05, 3.63) is 0 Å². The fraction of sp³-hybridized carbons (Fsp3) is 0.971. The highest BCUT2D eigenvalue weighted by Gasteiger charge is 2.65. The third-order valence-corrected chi connectivity index (χ3v) is 14.9. The zero-order valence-electron chi connectivity index (χ0n) is 25.8. The van der Waals surface area contributed by atoms with Crippen molar-refractivity contribution in [2.45, 2.75) is 135 Å². The zero-order valence-corrected chi connectivity index (χ0v) is 25.8. The molecule has 0 amide bonds. The number of hydrogen-bond acceptors (Lipinski definition) is 6. The van der Waals surface area contributed by atoms with Crippen LogP contribution in [0.5, 0.6) is 0 Å². The quantitative estimate of drug-likeness (QED) is 0.267. The van der Waals surface area contributed by atoms with E-state index in [9.17, 15) is 20.1 Å². The molecule has 8 fully saturated rings. The molecule has 0 aromatic heterocycles. The Kier molecular flexibility index (Phi) is 7.60. The van der Waals surface area contributed by atoms with Gasteiger partial charge in [0.05, 0.1) is 24.4 Å². The molecule has 6 nitrogen and oxygen atoms in total. The molecule has 0 saturated heterocycles. The van der Waals surface area contributed by atoms with Gasteiger partial charge in [0, 0.05) is 6.42 Å². The lowest BCUT2D eigenvalue weighted by atomic mass is 9.43. The molecule has 3 N–H and O–H groups in total. The maximum atomic E-state index is 12.8. The standard InChI is InChI=1S/C35H56O6/c1-19(4-7-31(39)40-18-41-33-22-11-20-10-21(13-22)14-23(33)12-20)26-5-6-27-32-28(17-30(38)35(26,27)3)34(2)9-8-25(36)15-24(34)16-29(32)37/h19-30,32-33,36-38H,4-18H2,1-3H3/t19-,20?,21?,22?,23?,24+,25-,26-,27+,28+,29-,30+,32+,33?,34+,35-/m1/s1. The first-order chi connectivity index (χ1) is 19.6. The van der Waals surface area contributed by atoms with Crippen LogP contribution >= 0.6 is 0 Å². The molecular formula is C35H56O6. The maximum Gasteiger partial charge on any atom is 0.307 e. The van der Waals surface area contributed by atoms with Gasteiger partial charge in [0.25, 0.3) is 0 Å². The molecule has 8 rings (SSSR count). The molecule has 0 unspecified atom stereocenters. The van der Waals surface area contributed by atoms with Crippen molar-refractivity contribution in [1.82, 2.24) is 0 Å². The largest absolute Gasteiger partial charge is 0.438 e. The smallest absolute Gasteiger partial charge is 0.307 e. The molecule has 0 radical (unpaired) electrons. The number of rotatable bonds is 7. The summed E-state index contributed by atoms with van der Waals surface area (Å²) in [5.41, 5.74) is -0.136. The molecule has 6 heteroatoms. The van der Waals surface area contributed by atoms with Gasteiger partial charge >= 0.3 is 5.97 Å². The number of aliphatic hydroxyl groups excluding tert-OH is 3. The molecule has 0 aromatic rings. The minimum Gasteiger partial charge on any atom is -0.438 e. The molecule has 0 spiro atoms. The van der Waals surface area contributed by atoms with E-state index in [0.717, 1.165) is 63.2 Å². The van der Waals surface area contributed by atoms with E-state index in [2.05, 4.69) is 20.8 Å². The molecule has 232 valence electrons. The molecule has 4 bridgehead atoms. The Labute approximate surface area is 247 Å². The molecular weight excluding hydrogens is 516 g/mol. The molecule has 8 aliphatic rings. The van der Waals surface area contributed by atoms with Crippen molar-refractivity contribution in [2.75, 3.05) is 6.79 Å². The van der Waals surface area contributed by atoms with Crippen LogP contribution in [0.15, 0.2) is 0 Å². The molecule has 41 heavy (non-hydrogen) atoms. The van der Waals surface area contributed by atoms with E-state index in [1.165, 1.54) is 32.1 Å². The van der Waals surface area contributed by atoms with Crippen LogP contribution in [-0.4, -0.2) is 52.5 Å². The highest BCUT2D eigenvalue weighted by atomic mass is 16.7. The van der Waals surface area contributed by atoms with E-state index in [-0.39, 0.29) is 53.9 Å². The Morgan fingerprint density at radius 3 is 2.29 bits per heavy atom. The summed E-state index contributed by atoms with van der Waals surface area (Å²) < 4.78 is 11.8. The first-order valence-corrected chi connectivity index (χ1v) is 17.4. The SMILES string of the molecule is C[C@H](CCC(=O)OCOC1C2CC3CC(C2)CC1C3)[C@H]1CC[C@H]2[C@@H]3[C@H](O)C[C@@H]4C[C@H](O)CC[C@]4(C)[C@H]3C[C@H](O)[C@]12C. The Balaban J connectivity index is 0.938. The molecule has 8 aliphatic carbocycles. The zero-order chi connectivity index (χ0) is 28.7. The second-order valence-corrected chi connectivity index (χ2v) is 16.7. The first kappa shape index (κ1) is 29.0. The highest BCUT2D eigenvalue weighted by Crippen LogP contribution is 2.68. The maximum absolute atomic E-state index is 12.8. The van der Waals surface area contributed by atoms with E-state index in [1.54, 1.807) is 0 Å². The van der Waals surface area contributed by atoms with Crippen molar-refractivity contribution in [3.8, 4) is 0 Å². The molecule has 0 aromatic carbocycles. The van der Waals surface area contributed by atoms with Gasteiger partial charge in [0.1, 0.15) is 0 Å². The number of aliphatic hydroxyl groups is 3. The Hall–Kier alpha value is -0.690. The predicted octanol–water partition coefficient (Wildman–Crippen LogP) is 5.71. The van der Waals surface area contributed by atoms with E-state index in [1.807, 2.05) is 0 Å². The Bertz CT molecular complexity index is 956. The van der Waals surface area contributed by atoms with E-state index in [4.69, 9.17) is 9.47 Å². The molecule has 0 heterocycles. The van der Waals surface area contributed by atoms with Crippen molar-refractivity contribution in [2.24, 2.45) is 70.0 Å². The summed E-state index contributed by atoms with van der Waals surface area (Å²) in [4.78, 5) is 12.8. The van der Waals surface area contributed by atoms with Gasteiger partial charge in [-0.15, -0.1) is 0 Å². The summed E-state index contributed by atoms with van der Waals surface area (Å²) in [5.74, 6) is 4.84. The van der Waals surface area contributed by atoms with Crippen molar-refractivity contribution < 1.29 is 29.6 Å². The van der Waals surface area contributed by atoms with Crippen LogP contribution in [0.4, 0.5) is 0 Å². The second-order valence-electron chi connectivity index (χ2n) is 16.7.